The van der Waals surface area contributed by atoms with E-state index in [1.807, 2.05) is 17.0 Å². The van der Waals surface area contributed by atoms with E-state index in [2.05, 4.69) is 52.2 Å². The van der Waals surface area contributed by atoms with Gasteiger partial charge in [0.25, 0.3) is 0 Å². The molecule has 34 heavy (non-hydrogen) atoms. The van der Waals surface area contributed by atoms with Crippen LogP contribution in [0.2, 0.25) is 5.02 Å². The first-order valence-electron chi connectivity index (χ1n) is 12.5. The molecule has 2 saturated heterocycles. The molecule has 0 spiro atoms. The van der Waals surface area contributed by atoms with Crippen molar-refractivity contribution in [1.82, 2.24) is 20.0 Å². The number of halogens is 1. The first kappa shape index (κ1) is 23.8. The predicted molar refractivity (Wildman–Crippen MR) is 139 cm³/mol. The van der Waals surface area contributed by atoms with Crippen LogP contribution in [0, 0.1) is 0 Å². The summed E-state index contributed by atoms with van der Waals surface area (Å²) in [6, 6.07) is 6.35. The molecule has 1 aromatic carbocycles. The molecule has 3 fully saturated rings. The molecule has 0 radical (unpaired) electrons. The summed E-state index contributed by atoms with van der Waals surface area (Å²) in [7, 11) is 0. The molecule has 3 aliphatic rings. The van der Waals surface area contributed by atoms with Gasteiger partial charge in [-0.3, -0.25) is 4.90 Å². The Kier molecular flexibility index (Phi) is 6.75. The Labute approximate surface area is 211 Å². The Bertz CT molecular complexity index is 1020. The van der Waals surface area contributed by atoms with Gasteiger partial charge < -0.3 is 15.1 Å². The smallest absolute Gasteiger partial charge is 0.321 e. The molecule has 1 aromatic heterocycles. The van der Waals surface area contributed by atoms with Gasteiger partial charge in [-0.15, -0.1) is 21.5 Å². The summed E-state index contributed by atoms with van der Waals surface area (Å²) < 4.78 is 0. The van der Waals surface area contributed by atoms with Crippen LogP contribution in [0.15, 0.2) is 18.2 Å². The predicted octanol–water partition coefficient (Wildman–Crippen LogP) is 5.18. The number of carbonyl (C=O) groups excluding carboxylic acids is 1. The number of piperazine rings is 1. The van der Waals surface area contributed by atoms with Crippen LogP contribution < -0.4 is 10.2 Å². The summed E-state index contributed by atoms with van der Waals surface area (Å²) in [5, 5.41) is 15.0. The average Bonchev–Trinajstić information content (AvgIpc) is 3.56. The molecule has 0 atom stereocenters. The van der Waals surface area contributed by atoms with Gasteiger partial charge in [-0.25, -0.2) is 4.79 Å². The fourth-order valence-electron chi connectivity index (χ4n) is 4.96. The van der Waals surface area contributed by atoms with Crippen LogP contribution in [0.4, 0.5) is 16.2 Å². The highest BCUT2D eigenvalue weighted by Gasteiger charge is 2.38. The fourth-order valence-corrected chi connectivity index (χ4v) is 6.39. The average molecular weight is 503 g/mol. The largest absolute Gasteiger partial charge is 0.367 e. The summed E-state index contributed by atoms with van der Waals surface area (Å²) in [5.74, 6) is 0.638. The highest BCUT2D eigenvalue weighted by atomic mass is 35.5. The Hall–Kier alpha value is -1.90. The number of rotatable bonds is 5. The number of nitrogens with one attached hydrogen (secondary N) is 1. The summed E-state index contributed by atoms with van der Waals surface area (Å²) in [4.78, 5) is 20.0. The lowest BCUT2D eigenvalue weighted by atomic mass is 9.81. The summed E-state index contributed by atoms with van der Waals surface area (Å²) in [6.07, 6.45) is 4.28. The van der Waals surface area contributed by atoms with E-state index in [4.69, 9.17) is 11.6 Å². The zero-order valence-electron chi connectivity index (χ0n) is 20.4. The van der Waals surface area contributed by atoms with Crippen molar-refractivity contribution >= 4 is 40.3 Å². The number of aromatic nitrogens is 2. The third-order valence-electron chi connectivity index (χ3n) is 7.65. The molecule has 1 aliphatic carbocycles. The Morgan fingerprint density at radius 3 is 2.47 bits per heavy atom. The minimum Gasteiger partial charge on any atom is -0.367 e. The van der Waals surface area contributed by atoms with Crippen LogP contribution in [-0.4, -0.2) is 71.3 Å². The SMILES string of the molecule is CC(C)N1CCN(c2cccc(Cl)c2NC(=O)N2CCC(C)(c3nnc(C4CC4)s3)CC2)CC1. The second-order valence-corrected chi connectivity index (χ2v) is 11.9. The molecule has 3 heterocycles. The van der Waals surface area contributed by atoms with Crippen LogP contribution >= 0.6 is 22.9 Å². The molecule has 2 amide bonds. The van der Waals surface area contributed by atoms with Gasteiger partial charge in [-0.2, -0.15) is 0 Å². The number of piperidine rings is 1. The molecule has 2 aliphatic heterocycles. The molecule has 5 rings (SSSR count). The lowest BCUT2D eigenvalue weighted by molar-refractivity contribution is 0.174. The first-order valence-corrected chi connectivity index (χ1v) is 13.7. The number of carbonyl (C=O) groups is 1. The molecule has 9 heteroatoms. The highest BCUT2D eigenvalue weighted by Crippen LogP contribution is 2.44. The zero-order chi connectivity index (χ0) is 23.9. The van der Waals surface area contributed by atoms with Crippen molar-refractivity contribution < 1.29 is 4.79 Å². The molecule has 2 aromatic rings. The minimum absolute atomic E-state index is 0.00672. The third-order valence-corrected chi connectivity index (χ3v) is 9.35. The summed E-state index contributed by atoms with van der Waals surface area (Å²) >= 11 is 8.36. The number of amides is 2. The monoisotopic (exact) mass is 502 g/mol. The number of hydrogen-bond donors (Lipinski definition) is 1. The Morgan fingerprint density at radius 2 is 1.82 bits per heavy atom. The van der Waals surface area contributed by atoms with Gasteiger partial charge in [0, 0.05) is 56.6 Å². The molecular weight excluding hydrogens is 468 g/mol. The van der Waals surface area contributed by atoms with E-state index in [1.165, 1.54) is 17.8 Å². The van der Waals surface area contributed by atoms with Crippen molar-refractivity contribution in [2.24, 2.45) is 0 Å². The molecule has 7 nitrogen and oxygen atoms in total. The van der Waals surface area contributed by atoms with E-state index in [1.54, 1.807) is 11.3 Å². The maximum atomic E-state index is 13.2. The molecule has 1 saturated carbocycles. The number of para-hydroxylation sites is 1. The highest BCUT2D eigenvalue weighted by molar-refractivity contribution is 7.11. The third kappa shape index (κ3) is 4.90. The van der Waals surface area contributed by atoms with Gasteiger partial charge in [0.1, 0.15) is 10.0 Å². The van der Waals surface area contributed by atoms with Gasteiger partial charge in [0.15, 0.2) is 0 Å². The van der Waals surface area contributed by atoms with E-state index in [0.29, 0.717) is 30.1 Å². The van der Waals surface area contributed by atoms with Gasteiger partial charge in [-0.1, -0.05) is 24.6 Å². The quantitative estimate of drug-likeness (QED) is 0.610. The topological polar surface area (TPSA) is 64.6 Å². The van der Waals surface area contributed by atoms with Gasteiger partial charge in [0.05, 0.1) is 16.4 Å². The fraction of sp³-hybridized carbons (Fsp3) is 0.640. The second kappa shape index (κ2) is 9.63. The zero-order valence-corrected chi connectivity index (χ0v) is 22.0. The van der Waals surface area contributed by atoms with Crippen LogP contribution in [-0.2, 0) is 5.41 Å². The minimum atomic E-state index is -0.0758. The number of anilines is 2. The molecular formula is C25H35ClN6OS. The molecule has 0 bridgehead atoms. The van der Waals surface area contributed by atoms with E-state index < -0.39 is 0 Å². The van der Waals surface area contributed by atoms with Crippen LogP contribution in [0.5, 0.6) is 0 Å². The van der Waals surface area contributed by atoms with Crippen molar-refractivity contribution in [3.8, 4) is 0 Å². The lowest BCUT2D eigenvalue weighted by Crippen LogP contribution is -2.49. The number of hydrogen-bond acceptors (Lipinski definition) is 6. The van der Waals surface area contributed by atoms with Crippen molar-refractivity contribution in [3.05, 3.63) is 33.2 Å². The lowest BCUT2D eigenvalue weighted by Gasteiger charge is -2.39. The van der Waals surface area contributed by atoms with Crippen molar-refractivity contribution in [3.63, 3.8) is 0 Å². The number of likely N-dealkylation sites (tertiary alicyclic amines) is 1. The van der Waals surface area contributed by atoms with Crippen molar-refractivity contribution in [2.75, 3.05) is 49.5 Å². The van der Waals surface area contributed by atoms with Gasteiger partial charge >= 0.3 is 6.03 Å². The van der Waals surface area contributed by atoms with E-state index in [-0.39, 0.29) is 11.4 Å². The van der Waals surface area contributed by atoms with E-state index >= 15 is 0 Å². The maximum absolute atomic E-state index is 13.2. The van der Waals surface area contributed by atoms with Gasteiger partial charge in [0.2, 0.25) is 0 Å². The van der Waals surface area contributed by atoms with Crippen molar-refractivity contribution in [2.45, 2.75) is 63.8 Å². The molecule has 0 unspecified atom stereocenters. The van der Waals surface area contributed by atoms with Gasteiger partial charge in [-0.05, 0) is 51.7 Å². The van der Waals surface area contributed by atoms with Crippen molar-refractivity contribution in [1.29, 1.82) is 0 Å². The summed E-state index contributed by atoms with van der Waals surface area (Å²) in [5.41, 5.74) is 1.72. The number of nitrogens with zero attached hydrogens (tertiary/aromatic N) is 5. The molecule has 1 N–H and O–H groups in total. The number of benzene rings is 1. The standard InChI is InChI=1S/C25H35ClN6OS/c1-17(2)30-13-15-31(16-14-30)20-6-4-5-19(26)21(20)27-24(33)32-11-9-25(3,10-12-32)23-29-28-22(34-23)18-7-8-18/h4-6,17-18H,7-16H2,1-3H3,(H,27,33). The van der Waals surface area contributed by atoms with Crippen LogP contribution in [0.1, 0.15) is 62.4 Å². The summed E-state index contributed by atoms with van der Waals surface area (Å²) in [6.45, 7) is 12.0. The number of urea groups is 1. The molecule has 184 valence electrons. The Balaban J connectivity index is 1.23. The maximum Gasteiger partial charge on any atom is 0.321 e. The normalized spacial score (nSPS) is 21.2. The van der Waals surface area contributed by atoms with Crippen LogP contribution in [0.25, 0.3) is 0 Å². The first-order chi connectivity index (χ1) is 16.3. The van der Waals surface area contributed by atoms with Crippen LogP contribution in [0.3, 0.4) is 0 Å². The Morgan fingerprint density at radius 1 is 1.12 bits per heavy atom. The second-order valence-electron chi connectivity index (χ2n) is 10.4. The van der Waals surface area contributed by atoms with E-state index in [0.717, 1.165) is 55.4 Å². The van der Waals surface area contributed by atoms with E-state index in [9.17, 15) is 4.79 Å².